The Bertz CT molecular complexity index is 810. The van der Waals surface area contributed by atoms with Gasteiger partial charge < -0.3 is 5.32 Å². The molecule has 7 heteroatoms. The van der Waals surface area contributed by atoms with E-state index in [1.54, 1.807) is 17.4 Å². The van der Waals surface area contributed by atoms with Gasteiger partial charge in [0.2, 0.25) is 0 Å². The lowest BCUT2D eigenvalue weighted by Crippen LogP contribution is -2.45. The Morgan fingerprint density at radius 2 is 2.13 bits per heavy atom. The number of hydrogen-bond donors (Lipinski definition) is 1. The van der Waals surface area contributed by atoms with Gasteiger partial charge in [-0.05, 0) is 47.0 Å². The maximum atomic E-state index is 12.4. The third-order valence-corrected chi connectivity index (χ3v) is 5.49. The molecule has 0 radical (unpaired) electrons. The van der Waals surface area contributed by atoms with E-state index in [1.807, 2.05) is 12.1 Å². The van der Waals surface area contributed by atoms with E-state index in [2.05, 4.69) is 35.8 Å². The molecule has 0 aliphatic carbocycles. The molecule has 0 spiro atoms. The molecule has 0 bridgehead atoms. The number of benzene rings is 1. The van der Waals surface area contributed by atoms with Gasteiger partial charge in [0.25, 0.3) is 5.91 Å². The van der Waals surface area contributed by atoms with E-state index in [0.717, 1.165) is 24.1 Å². The topological polar surface area (TPSA) is 58.1 Å². The average Bonchev–Trinajstić information content (AvgIpc) is 3.18. The molecule has 3 heterocycles. The van der Waals surface area contributed by atoms with Crippen molar-refractivity contribution >= 4 is 40.0 Å². The largest absolute Gasteiger partial charge is 0.350 e. The predicted molar refractivity (Wildman–Crippen MR) is 93.0 cm³/mol. The average molecular weight is 344 g/mol. The maximum Gasteiger partial charge on any atom is 0.251 e. The summed E-state index contributed by atoms with van der Waals surface area (Å²) < 4.78 is 8.35. The smallest absolute Gasteiger partial charge is 0.251 e. The Hall–Kier alpha value is -1.83. The Kier molecular flexibility index (Phi) is 4.07. The van der Waals surface area contributed by atoms with Crippen molar-refractivity contribution in [1.82, 2.24) is 19.0 Å². The van der Waals surface area contributed by atoms with Crippen molar-refractivity contribution in [2.45, 2.75) is 12.5 Å². The zero-order valence-corrected chi connectivity index (χ0v) is 14.1. The van der Waals surface area contributed by atoms with Crippen LogP contribution in [0.2, 0.25) is 0 Å². The Labute approximate surface area is 142 Å². The number of carbonyl (C=O) groups excluding carboxylic acids is 1. The first-order chi connectivity index (χ1) is 11.3. The van der Waals surface area contributed by atoms with E-state index < -0.39 is 0 Å². The van der Waals surface area contributed by atoms with Crippen LogP contribution in [0.5, 0.6) is 0 Å². The number of carbonyl (C=O) groups is 1. The fourth-order valence-corrected chi connectivity index (χ4v) is 4.01. The van der Waals surface area contributed by atoms with Crippen LogP contribution in [0.4, 0.5) is 0 Å². The van der Waals surface area contributed by atoms with Crippen LogP contribution < -0.4 is 5.32 Å². The highest BCUT2D eigenvalue weighted by Crippen LogP contribution is 2.26. The number of likely N-dealkylation sites (tertiary alicyclic amines) is 1. The number of nitrogens with zero attached hydrogens (tertiary/aromatic N) is 3. The summed E-state index contributed by atoms with van der Waals surface area (Å²) in [6, 6.07) is 7.87. The number of rotatable bonds is 5. The van der Waals surface area contributed by atoms with E-state index in [0.29, 0.717) is 12.1 Å². The third kappa shape index (κ3) is 2.99. The van der Waals surface area contributed by atoms with Crippen LogP contribution in [0, 0.1) is 0 Å². The highest BCUT2D eigenvalue weighted by Gasteiger charge is 2.26. The standard InChI is InChI=1S/C16H16N4OS2/c21-16(11-2-3-13-14(8-11)19-23-18-13)17-9-15(20-5-1-6-20)12-4-7-22-10-12/h2-4,7-8,10,15H,1,5-6,9H2,(H,17,21). The summed E-state index contributed by atoms with van der Waals surface area (Å²) in [5.74, 6) is -0.0550. The van der Waals surface area contributed by atoms with Gasteiger partial charge in [-0.3, -0.25) is 9.69 Å². The van der Waals surface area contributed by atoms with Gasteiger partial charge in [0, 0.05) is 25.2 Å². The molecule has 1 saturated heterocycles. The van der Waals surface area contributed by atoms with Crippen molar-refractivity contribution in [3.05, 3.63) is 46.2 Å². The minimum Gasteiger partial charge on any atom is -0.350 e. The highest BCUT2D eigenvalue weighted by molar-refractivity contribution is 7.08. The van der Waals surface area contributed by atoms with Crippen molar-refractivity contribution in [2.24, 2.45) is 0 Å². The maximum absolute atomic E-state index is 12.4. The van der Waals surface area contributed by atoms with E-state index in [-0.39, 0.29) is 11.9 Å². The fraction of sp³-hybridized carbons (Fsp3) is 0.312. The molecule has 1 atom stereocenters. The monoisotopic (exact) mass is 344 g/mol. The van der Waals surface area contributed by atoms with Crippen LogP contribution in [0.15, 0.2) is 35.0 Å². The molecular weight excluding hydrogens is 328 g/mol. The second kappa shape index (κ2) is 6.35. The van der Waals surface area contributed by atoms with Crippen LogP contribution in [-0.2, 0) is 0 Å². The van der Waals surface area contributed by atoms with Gasteiger partial charge >= 0.3 is 0 Å². The number of nitrogens with one attached hydrogen (secondary N) is 1. The lowest BCUT2D eigenvalue weighted by atomic mass is 10.0. The summed E-state index contributed by atoms with van der Waals surface area (Å²) in [6.45, 7) is 2.84. The molecule has 1 fully saturated rings. The molecule has 1 unspecified atom stereocenters. The zero-order valence-electron chi connectivity index (χ0n) is 12.4. The first-order valence-electron chi connectivity index (χ1n) is 7.58. The van der Waals surface area contributed by atoms with Gasteiger partial charge in [0.05, 0.1) is 17.8 Å². The third-order valence-electron chi connectivity index (χ3n) is 4.23. The summed E-state index contributed by atoms with van der Waals surface area (Å²) in [5, 5.41) is 7.33. The number of amides is 1. The Morgan fingerprint density at radius 3 is 2.87 bits per heavy atom. The quantitative estimate of drug-likeness (QED) is 0.773. The second-order valence-corrected chi connectivity index (χ2v) is 6.95. The summed E-state index contributed by atoms with van der Waals surface area (Å²) >= 11 is 2.87. The molecule has 2 aromatic heterocycles. The number of hydrogen-bond acceptors (Lipinski definition) is 6. The van der Waals surface area contributed by atoms with Gasteiger partial charge in [-0.2, -0.15) is 20.1 Å². The Balaban J connectivity index is 1.46. The molecule has 1 N–H and O–H groups in total. The summed E-state index contributed by atoms with van der Waals surface area (Å²) in [4.78, 5) is 14.9. The number of aromatic nitrogens is 2. The molecule has 3 aromatic rings. The fourth-order valence-electron chi connectivity index (χ4n) is 2.79. The van der Waals surface area contributed by atoms with Gasteiger partial charge in [0.1, 0.15) is 11.0 Å². The molecule has 23 heavy (non-hydrogen) atoms. The van der Waals surface area contributed by atoms with Gasteiger partial charge in [-0.1, -0.05) is 0 Å². The minimum absolute atomic E-state index is 0.0550. The second-order valence-electron chi connectivity index (χ2n) is 5.64. The number of fused-ring (bicyclic) bond motifs is 1. The van der Waals surface area contributed by atoms with Crippen LogP contribution >= 0.6 is 23.1 Å². The van der Waals surface area contributed by atoms with E-state index in [9.17, 15) is 4.79 Å². The SMILES string of the molecule is O=C(NCC(c1ccsc1)N1CCC1)c1ccc2nsnc2c1. The molecule has 1 aliphatic heterocycles. The minimum atomic E-state index is -0.0550. The molecular formula is C16H16N4OS2. The van der Waals surface area contributed by atoms with Crippen molar-refractivity contribution < 1.29 is 4.79 Å². The molecule has 1 aliphatic rings. The summed E-state index contributed by atoms with van der Waals surface area (Å²) in [6.07, 6.45) is 1.24. The lowest BCUT2D eigenvalue weighted by Gasteiger charge is -2.38. The van der Waals surface area contributed by atoms with Gasteiger partial charge in [0.15, 0.2) is 0 Å². The molecule has 1 aromatic carbocycles. The van der Waals surface area contributed by atoms with Crippen molar-refractivity contribution in [3.8, 4) is 0 Å². The molecule has 5 nitrogen and oxygen atoms in total. The Morgan fingerprint density at radius 1 is 1.26 bits per heavy atom. The molecule has 4 rings (SSSR count). The van der Waals surface area contributed by atoms with Crippen LogP contribution in [0.3, 0.4) is 0 Å². The van der Waals surface area contributed by atoms with E-state index in [1.165, 1.54) is 23.7 Å². The first-order valence-corrected chi connectivity index (χ1v) is 9.25. The van der Waals surface area contributed by atoms with Crippen LogP contribution in [0.25, 0.3) is 11.0 Å². The van der Waals surface area contributed by atoms with Gasteiger partial charge in [-0.15, -0.1) is 0 Å². The predicted octanol–water partition coefficient (Wildman–Crippen LogP) is 2.93. The van der Waals surface area contributed by atoms with E-state index in [4.69, 9.17) is 0 Å². The van der Waals surface area contributed by atoms with Crippen molar-refractivity contribution in [2.75, 3.05) is 19.6 Å². The van der Waals surface area contributed by atoms with Crippen LogP contribution in [-0.4, -0.2) is 39.2 Å². The zero-order chi connectivity index (χ0) is 15.6. The highest BCUT2D eigenvalue weighted by atomic mass is 32.1. The molecule has 0 saturated carbocycles. The van der Waals surface area contributed by atoms with E-state index >= 15 is 0 Å². The van der Waals surface area contributed by atoms with Gasteiger partial charge in [-0.25, -0.2) is 0 Å². The van der Waals surface area contributed by atoms with Crippen LogP contribution in [0.1, 0.15) is 28.4 Å². The van der Waals surface area contributed by atoms with Crippen molar-refractivity contribution in [3.63, 3.8) is 0 Å². The number of thiophene rings is 1. The molecule has 1 amide bonds. The molecule has 118 valence electrons. The summed E-state index contributed by atoms with van der Waals surface area (Å²) in [7, 11) is 0. The summed E-state index contributed by atoms with van der Waals surface area (Å²) in [5.41, 5.74) is 3.54. The first kappa shape index (κ1) is 14.7. The van der Waals surface area contributed by atoms with Crippen molar-refractivity contribution in [1.29, 1.82) is 0 Å². The lowest BCUT2D eigenvalue weighted by molar-refractivity contribution is 0.0885. The normalized spacial score (nSPS) is 16.2.